The number of anilines is 2. The van der Waals surface area contributed by atoms with Crippen LogP contribution in [0, 0.1) is 11.8 Å². The van der Waals surface area contributed by atoms with E-state index in [0.29, 0.717) is 11.3 Å². The highest BCUT2D eigenvalue weighted by Crippen LogP contribution is 2.29. The van der Waals surface area contributed by atoms with Crippen molar-refractivity contribution in [3.63, 3.8) is 0 Å². The van der Waals surface area contributed by atoms with Gasteiger partial charge in [-0.3, -0.25) is 4.79 Å². The summed E-state index contributed by atoms with van der Waals surface area (Å²) in [6.45, 7) is 3.30. The van der Waals surface area contributed by atoms with Crippen LogP contribution >= 0.6 is 0 Å². The predicted molar refractivity (Wildman–Crippen MR) is 83.9 cm³/mol. The summed E-state index contributed by atoms with van der Waals surface area (Å²) in [7, 11) is 1.62. The van der Waals surface area contributed by atoms with E-state index in [9.17, 15) is 4.79 Å². The molecule has 1 fully saturated rings. The minimum Gasteiger partial charge on any atom is -0.397 e. The summed E-state index contributed by atoms with van der Waals surface area (Å²) >= 11 is 0. The topological polar surface area (TPSA) is 67.2 Å². The van der Waals surface area contributed by atoms with Gasteiger partial charge in [-0.1, -0.05) is 19.8 Å². The molecule has 1 aromatic rings. The van der Waals surface area contributed by atoms with Gasteiger partial charge in [0.1, 0.15) is 0 Å². The number of amides is 1. The molecule has 20 heavy (non-hydrogen) atoms. The van der Waals surface area contributed by atoms with Crippen molar-refractivity contribution in [3.05, 3.63) is 23.8 Å². The molecule has 0 unspecified atom stereocenters. The summed E-state index contributed by atoms with van der Waals surface area (Å²) < 4.78 is 0. The zero-order valence-corrected chi connectivity index (χ0v) is 12.4. The van der Waals surface area contributed by atoms with Crippen molar-refractivity contribution >= 4 is 17.3 Å². The van der Waals surface area contributed by atoms with Crippen molar-refractivity contribution in [1.29, 1.82) is 0 Å². The molecule has 4 heteroatoms. The zero-order chi connectivity index (χ0) is 14.5. The Hall–Kier alpha value is -1.71. The number of hydrogen-bond acceptors (Lipinski definition) is 3. The Balaban J connectivity index is 1.91. The minimum atomic E-state index is -0.107. The van der Waals surface area contributed by atoms with Crippen LogP contribution in [0.2, 0.25) is 0 Å². The summed E-state index contributed by atoms with van der Waals surface area (Å²) in [6, 6.07) is 5.43. The van der Waals surface area contributed by atoms with Gasteiger partial charge in [0.05, 0.1) is 11.4 Å². The molecular weight excluding hydrogens is 250 g/mol. The van der Waals surface area contributed by atoms with E-state index in [-0.39, 0.29) is 5.91 Å². The highest BCUT2D eigenvalue weighted by Gasteiger charge is 2.18. The molecule has 1 aliphatic carbocycles. The maximum Gasteiger partial charge on any atom is 0.251 e. The largest absolute Gasteiger partial charge is 0.397 e. The highest BCUT2D eigenvalue weighted by molar-refractivity contribution is 5.95. The second-order valence-corrected chi connectivity index (χ2v) is 5.89. The maximum absolute atomic E-state index is 11.5. The first kappa shape index (κ1) is 14.7. The number of nitrogens with one attached hydrogen (secondary N) is 2. The fraction of sp³-hybridized carbons (Fsp3) is 0.562. The Morgan fingerprint density at radius 3 is 2.60 bits per heavy atom. The monoisotopic (exact) mass is 275 g/mol. The summed E-state index contributed by atoms with van der Waals surface area (Å²) in [5.74, 6) is 1.51. The van der Waals surface area contributed by atoms with E-state index in [1.165, 1.54) is 25.7 Å². The van der Waals surface area contributed by atoms with Crippen LogP contribution in [0.4, 0.5) is 11.4 Å². The Kier molecular flexibility index (Phi) is 4.88. The number of carbonyl (C=O) groups is 1. The molecule has 0 heterocycles. The van der Waals surface area contributed by atoms with Gasteiger partial charge in [-0.25, -0.2) is 0 Å². The van der Waals surface area contributed by atoms with E-state index >= 15 is 0 Å². The third-order valence-electron chi connectivity index (χ3n) is 4.26. The molecular formula is C16H25N3O. The van der Waals surface area contributed by atoms with Gasteiger partial charge in [0.2, 0.25) is 0 Å². The van der Waals surface area contributed by atoms with E-state index in [2.05, 4.69) is 17.6 Å². The van der Waals surface area contributed by atoms with E-state index in [4.69, 9.17) is 5.73 Å². The van der Waals surface area contributed by atoms with Gasteiger partial charge < -0.3 is 16.4 Å². The van der Waals surface area contributed by atoms with Gasteiger partial charge >= 0.3 is 0 Å². The first-order valence-corrected chi connectivity index (χ1v) is 7.45. The number of nitrogens with two attached hydrogens (primary N) is 1. The molecule has 0 atom stereocenters. The van der Waals surface area contributed by atoms with Crippen LogP contribution in [0.15, 0.2) is 18.2 Å². The van der Waals surface area contributed by atoms with Crippen LogP contribution in [0.3, 0.4) is 0 Å². The lowest BCUT2D eigenvalue weighted by atomic mass is 9.83. The molecule has 4 nitrogen and oxygen atoms in total. The van der Waals surface area contributed by atoms with Crippen LogP contribution in [-0.4, -0.2) is 19.5 Å². The first-order chi connectivity index (χ1) is 9.60. The Morgan fingerprint density at radius 2 is 2.00 bits per heavy atom. The van der Waals surface area contributed by atoms with E-state index in [1.54, 1.807) is 19.2 Å². The molecule has 4 N–H and O–H groups in total. The summed E-state index contributed by atoms with van der Waals surface area (Å²) in [5.41, 5.74) is 8.17. The van der Waals surface area contributed by atoms with Crippen LogP contribution in [0.25, 0.3) is 0 Å². The van der Waals surface area contributed by atoms with Crippen LogP contribution in [-0.2, 0) is 0 Å². The third kappa shape index (κ3) is 3.65. The normalized spacial score (nSPS) is 22.3. The first-order valence-electron chi connectivity index (χ1n) is 7.45. The standard InChI is InChI=1S/C16H25N3O/c1-11-3-5-12(6-4-11)10-19-15-8-7-13(9-14(15)17)16(20)18-2/h7-9,11-12,19H,3-6,10,17H2,1-2H3,(H,18,20). The molecule has 1 amide bonds. The van der Waals surface area contributed by atoms with Crippen LogP contribution in [0.1, 0.15) is 43.0 Å². The number of rotatable bonds is 4. The molecule has 1 saturated carbocycles. The van der Waals surface area contributed by atoms with Crippen molar-refractivity contribution in [1.82, 2.24) is 5.32 Å². The van der Waals surface area contributed by atoms with Gasteiger partial charge in [-0.15, -0.1) is 0 Å². The lowest BCUT2D eigenvalue weighted by Gasteiger charge is -2.26. The average Bonchev–Trinajstić information content (AvgIpc) is 2.46. The third-order valence-corrected chi connectivity index (χ3v) is 4.26. The van der Waals surface area contributed by atoms with Gasteiger partial charge in [0, 0.05) is 19.2 Å². The van der Waals surface area contributed by atoms with E-state index in [1.807, 2.05) is 6.07 Å². The average molecular weight is 275 g/mol. The molecule has 0 aliphatic heterocycles. The van der Waals surface area contributed by atoms with Gasteiger partial charge in [-0.2, -0.15) is 0 Å². The smallest absolute Gasteiger partial charge is 0.251 e. The van der Waals surface area contributed by atoms with E-state index in [0.717, 1.165) is 24.1 Å². The lowest BCUT2D eigenvalue weighted by molar-refractivity contribution is 0.0963. The predicted octanol–water partition coefficient (Wildman–Crippen LogP) is 2.87. The SMILES string of the molecule is CNC(=O)c1ccc(NCC2CCC(C)CC2)c(N)c1. The summed E-state index contributed by atoms with van der Waals surface area (Å²) in [6.07, 6.45) is 5.25. The fourth-order valence-electron chi connectivity index (χ4n) is 2.80. The maximum atomic E-state index is 11.5. The second-order valence-electron chi connectivity index (χ2n) is 5.89. The molecule has 0 spiro atoms. The van der Waals surface area contributed by atoms with Crippen molar-refractivity contribution < 1.29 is 4.79 Å². The number of carbonyl (C=O) groups excluding carboxylic acids is 1. The summed E-state index contributed by atoms with van der Waals surface area (Å²) in [4.78, 5) is 11.5. The Bertz CT molecular complexity index is 465. The van der Waals surface area contributed by atoms with E-state index < -0.39 is 0 Å². The Morgan fingerprint density at radius 1 is 1.30 bits per heavy atom. The van der Waals surface area contributed by atoms with Crippen LogP contribution < -0.4 is 16.4 Å². The number of nitrogen functional groups attached to an aromatic ring is 1. The minimum absolute atomic E-state index is 0.107. The van der Waals surface area contributed by atoms with Gasteiger partial charge in [0.15, 0.2) is 0 Å². The van der Waals surface area contributed by atoms with Crippen molar-refractivity contribution in [2.75, 3.05) is 24.6 Å². The van der Waals surface area contributed by atoms with Crippen molar-refractivity contribution in [2.24, 2.45) is 11.8 Å². The molecule has 0 saturated heterocycles. The van der Waals surface area contributed by atoms with Gasteiger partial charge in [-0.05, 0) is 42.9 Å². The lowest BCUT2D eigenvalue weighted by Crippen LogP contribution is -2.21. The van der Waals surface area contributed by atoms with Crippen molar-refractivity contribution in [2.45, 2.75) is 32.6 Å². The molecule has 0 bridgehead atoms. The molecule has 2 rings (SSSR count). The highest BCUT2D eigenvalue weighted by atomic mass is 16.1. The molecule has 0 radical (unpaired) electrons. The fourth-order valence-corrected chi connectivity index (χ4v) is 2.80. The zero-order valence-electron chi connectivity index (χ0n) is 12.4. The second kappa shape index (κ2) is 6.64. The molecule has 110 valence electrons. The molecule has 1 aliphatic rings. The quantitative estimate of drug-likeness (QED) is 0.740. The van der Waals surface area contributed by atoms with Crippen LogP contribution in [0.5, 0.6) is 0 Å². The molecule has 0 aromatic heterocycles. The number of hydrogen-bond donors (Lipinski definition) is 3. The van der Waals surface area contributed by atoms with Crippen molar-refractivity contribution in [3.8, 4) is 0 Å². The molecule has 1 aromatic carbocycles. The Labute approximate surface area is 121 Å². The summed E-state index contributed by atoms with van der Waals surface area (Å²) in [5, 5.41) is 6.03. The van der Waals surface area contributed by atoms with Gasteiger partial charge in [0.25, 0.3) is 5.91 Å². The number of benzene rings is 1.